The Hall–Kier alpha value is -2.28. The molecule has 0 radical (unpaired) electrons. The molecule has 26 heavy (non-hydrogen) atoms. The Morgan fingerprint density at radius 3 is 2.00 bits per heavy atom. The van der Waals surface area contributed by atoms with Crippen LogP contribution in [0.2, 0.25) is 0 Å². The van der Waals surface area contributed by atoms with Crippen LogP contribution in [0, 0.1) is 0 Å². The van der Waals surface area contributed by atoms with E-state index < -0.39 is 0 Å². The van der Waals surface area contributed by atoms with Crippen LogP contribution >= 0.6 is 0 Å². The first-order valence-electron chi connectivity index (χ1n) is 9.71. The minimum atomic E-state index is 0.0697. The molecular weight excluding hydrogens is 316 g/mol. The highest BCUT2D eigenvalue weighted by molar-refractivity contribution is 5.91. The Morgan fingerprint density at radius 2 is 1.38 bits per heavy atom. The first-order chi connectivity index (χ1) is 12.5. The van der Waals surface area contributed by atoms with E-state index >= 15 is 0 Å². The van der Waals surface area contributed by atoms with E-state index in [0.717, 1.165) is 5.75 Å². The number of ether oxygens (including phenoxy) is 1. The van der Waals surface area contributed by atoms with Gasteiger partial charge in [-0.25, -0.2) is 0 Å². The normalized spacial score (nSPS) is 14.3. The Kier molecular flexibility index (Phi) is 4.26. The van der Waals surface area contributed by atoms with Crippen molar-refractivity contribution in [1.82, 2.24) is 0 Å². The fourth-order valence-electron chi connectivity index (χ4n) is 4.23. The van der Waals surface area contributed by atoms with Gasteiger partial charge in [0, 0.05) is 5.56 Å². The second-order valence-electron chi connectivity index (χ2n) is 8.52. The van der Waals surface area contributed by atoms with Gasteiger partial charge in [-0.1, -0.05) is 51.1 Å². The molecule has 0 saturated carbocycles. The van der Waals surface area contributed by atoms with Crippen LogP contribution in [0.5, 0.6) is 5.75 Å². The molecule has 3 aromatic carbocycles. The second kappa shape index (κ2) is 6.46. The van der Waals surface area contributed by atoms with Gasteiger partial charge in [-0.3, -0.25) is 0 Å². The molecule has 1 nitrogen and oxygen atoms in total. The van der Waals surface area contributed by atoms with Gasteiger partial charge < -0.3 is 4.74 Å². The van der Waals surface area contributed by atoms with Gasteiger partial charge >= 0.3 is 0 Å². The van der Waals surface area contributed by atoms with Crippen molar-refractivity contribution in [3.8, 4) is 16.9 Å². The molecular formula is C25H28O. The van der Waals surface area contributed by atoms with Gasteiger partial charge in [0.1, 0.15) is 5.75 Å². The number of methoxy groups -OCH3 is 1. The average Bonchev–Trinajstić information content (AvgIpc) is 2.65. The third-order valence-electron chi connectivity index (χ3n) is 5.65. The molecule has 0 aliphatic heterocycles. The lowest BCUT2D eigenvalue weighted by atomic mass is 9.79. The van der Waals surface area contributed by atoms with Gasteiger partial charge in [0.15, 0.2) is 0 Å². The molecule has 0 bridgehead atoms. The van der Waals surface area contributed by atoms with Crippen LogP contribution in [0.15, 0.2) is 48.5 Å². The zero-order chi connectivity index (χ0) is 18.3. The fraction of sp³-hybridized carbons (Fsp3) is 0.360. The molecule has 1 aliphatic carbocycles. The number of hydrogen-bond acceptors (Lipinski definition) is 1. The van der Waals surface area contributed by atoms with Crippen molar-refractivity contribution in [2.45, 2.75) is 51.9 Å². The summed E-state index contributed by atoms with van der Waals surface area (Å²) in [5.74, 6) is 1.01. The molecule has 0 unspecified atom stereocenters. The van der Waals surface area contributed by atoms with E-state index in [2.05, 4.69) is 69.3 Å². The number of benzene rings is 3. The fourth-order valence-corrected chi connectivity index (χ4v) is 4.23. The van der Waals surface area contributed by atoms with E-state index in [1.165, 1.54) is 64.3 Å². The molecule has 0 aromatic heterocycles. The summed E-state index contributed by atoms with van der Waals surface area (Å²) < 4.78 is 5.85. The first kappa shape index (κ1) is 17.1. The highest BCUT2D eigenvalue weighted by Gasteiger charge is 2.23. The second-order valence-corrected chi connectivity index (χ2v) is 8.52. The summed E-state index contributed by atoms with van der Waals surface area (Å²) in [5.41, 5.74) is 6.96. The SMILES string of the molecule is COc1cc2c(cc1-c1cc3ccccc3cc1C(C)(C)C)CCCC2. The molecule has 134 valence electrons. The summed E-state index contributed by atoms with van der Waals surface area (Å²) in [5, 5.41) is 2.59. The lowest BCUT2D eigenvalue weighted by Gasteiger charge is -2.26. The molecule has 0 atom stereocenters. The van der Waals surface area contributed by atoms with E-state index in [1.807, 2.05) is 0 Å². The summed E-state index contributed by atoms with van der Waals surface area (Å²) in [4.78, 5) is 0. The van der Waals surface area contributed by atoms with Gasteiger partial charge in [-0.15, -0.1) is 0 Å². The van der Waals surface area contributed by atoms with Crippen LogP contribution < -0.4 is 4.74 Å². The van der Waals surface area contributed by atoms with Crippen LogP contribution in [0.25, 0.3) is 21.9 Å². The van der Waals surface area contributed by atoms with E-state index in [4.69, 9.17) is 4.74 Å². The summed E-state index contributed by atoms with van der Waals surface area (Å²) in [6.07, 6.45) is 4.95. The number of aryl methyl sites for hydroxylation is 2. The highest BCUT2D eigenvalue weighted by Crippen LogP contribution is 2.42. The molecule has 3 aromatic rings. The van der Waals surface area contributed by atoms with Gasteiger partial charge in [-0.2, -0.15) is 0 Å². The van der Waals surface area contributed by atoms with Crippen molar-refractivity contribution in [2.75, 3.05) is 7.11 Å². The molecule has 4 rings (SSSR count). The maximum atomic E-state index is 5.85. The van der Waals surface area contributed by atoms with Crippen molar-refractivity contribution < 1.29 is 4.74 Å². The van der Waals surface area contributed by atoms with Crippen LogP contribution in [0.3, 0.4) is 0 Å². The molecule has 0 heterocycles. The minimum Gasteiger partial charge on any atom is -0.496 e. The predicted octanol–water partition coefficient (Wildman–Crippen LogP) is 6.69. The van der Waals surface area contributed by atoms with E-state index in [0.29, 0.717) is 0 Å². The monoisotopic (exact) mass is 344 g/mol. The predicted molar refractivity (Wildman–Crippen MR) is 111 cm³/mol. The van der Waals surface area contributed by atoms with Gasteiger partial charge in [0.25, 0.3) is 0 Å². The van der Waals surface area contributed by atoms with Crippen LogP contribution in [-0.2, 0) is 18.3 Å². The quantitative estimate of drug-likeness (QED) is 0.503. The summed E-state index contributed by atoms with van der Waals surface area (Å²) in [6, 6.07) is 18.0. The minimum absolute atomic E-state index is 0.0697. The Bertz CT molecular complexity index is 960. The van der Waals surface area contributed by atoms with Crippen LogP contribution in [0.4, 0.5) is 0 Å². The standard InChI is InChI=1S/C25H28O/c1-25(2,3)23-15-19-11-7-5-9-17(19)13-21(23)22-14-18-10-6-8-12-20(18)16-24(22)26-4/h5,7,9,11,13-16H,6,8,10,12H2,1-4H3. The molecule has 0 fully saturated rings. The highest BCUT2D eigenvalue weighted by atomic mass is 16.5. The summed E-state index contributed by atoms with van der Waals surface area (Å²) in [7, 11) is 1.80. The molecule has 0 N–H and O–H groups in total. The number of fused-ring (bicyclic) bond motifs is 2. The average molecular weight is 344 g/mol. The Morgan fingerprint density at radius 1 is 0.769 bits per heavy atom. The van der Waals surface area contributed by atoms with E-state index in [1.54, 1.807) is 7.11 Å². The maximum Gasteiger partial charge on any atom is 0.126 e. The molecule has 0 saturated heterocycles. The van der Waals surface area contributed by atoms with Crippen molar-refractivity contribution >= 4 is 10.8 Å². The van der Waals surface area contributed by atoms with Crippen LogP contribution in [0.1, 0.15) is 50.3 Å². The van der Waals surface area contributed by atoms with Gasteiger partial charge in [0.05, 0.1) is 7.11 Å². The number of rotatable bonds is 2. The first-order valence-corrected chi connectivity index (χ1v) is 9.71. The molecule has 0 amide bonds. The topological polar surface area (TPSA) is 9.23 Å². The third kappa shape index (κ3) is 3.00. The van der Waals surface area contributed by atoms with Crippen LogP contribution in [-0.4, -0.2) is 7.11 Å². The van der Waals surface area contributed by atoms with Gasteiger partial charge in [-0.05, 0) is 82.3 Å². The number of hydrogen-bond donors (Lipinski definition) is 0. The van der Waals surface area contributed by atoms with E-state index in [9.17, 15) is 0 Å². The van der Waals surface area contributed by atoms with Crippen molar-refractivity contribution in [3.63, 3.8) is 0 Å². The Labute approximate surface area is 157 Å². The lowest BCUT2D eigenvalue weighted by Crippen LogP contribution is -2.13. The zero-order valence-electron chi connectivity index (χ0n) is 16.4. The van der Waals surface area contributed by atoms with Crippen molar-refractivity contribution in [3.05, 3.63) is 65.2 Å². The molecule has 1 heteroatoms. The largest absolute Gasteiger partial charge is 0.496 e. The maximum absolute atomic E-state index is 5.85. The smallest absolute Gasteiger partial charge is 0.126 e. The lowest BCUT2D eigenvalue weighted by molar-refractivity contribution is 0.415. The third-order valence-corrected chi connectivity index (χ3v) is 5.65. The molecule has 1 aliphatic rings. The molecule has 0 spiro atoms. The van der Waals surface area contributed by atoms with E-state index in [-0.39, 0.29) is 5.41 Å². The summed E-state index contributed by atoms with van der Waals surface area (Å²) >= 11 is 0. The van der Waals surface area contributed by atoms with Gasteiger partial charge in [0.2, 0.25) is 0 Å². The van der Waals surface area contributed by atoms with Crippen molar-refractivity contribution in [2.24, 2.45) is 0 Å². The Balaban J connectivity index is 2.01. The summed E-state index contributed by atoms with van der Waals surface area (Å²) in [6.45, 7) is 6.89. The van der Waals surface area contributed by atoms with Crippen molar-refractivity contribution in [1.29, 1.82) is 0 Å². The zero-order valence-corrected chi connectivity index (χ0v) is 16.4.